The summed E-state index contributed by atoms with van der Waals surface area (Å²) in [5.41, 5.74) is 6.01. The lowest BCUT2D eigenvalue weighted by molar-refractivity contribution is -0.117. The second-order valence-corrected chi connectivity index (χ2v) is 5.33. The van der Waals surface area contributed by atoms with Gasteiger partial charge >= 0.3 is 5.69 Å². The summed E-state index contributed by atoms with van der Waals surface area (Å²) in [6, 6.07) is 9.93. The summed E-state index contributed by atoms with van der Waals surface area (Å²) >= 11 is 1.35. The summed E-state index contributed by atoms with van der Waals surface area (Å²) < 4.78 is 1.58. The van der Waals surface area contributed by atoms with Crippen molar-refractivity contribution in [3.8, 4) is 0 Å². The Morgan fingerprint density at radius 1 is 1.35 bits per heavy atom. The molecule has 106 valence electrons. The van der Waals surface area contributed by atoms with Crippen LogP contribution in [0.15, 0.2) is 40.3 Å². The van der Waals surface area contributed by atoms with E-state index in [9.17, 15) is 9.59 Å². The van der Waals surface area contributed by atoms with Crippen LogP contribution in [-0.2, 0) is 17.8 Å². The van der Waals surface area contributed by atoms with Gasteiger partial charge in [0.15, 0.2) is 5.16 Å². The van der Waals surface area contributed by atoms with Crippen molar-refractivity contribution in [2.24, 2.45) is 5.73 Å². The van der Waals surface area contributed by atoms with Gasteiger partial charge in [0, 0.05) is 18.7 Å². The molecule has 2 aromatic rings. The minimum atomic E-state index is -0.355. The molecule has 0 atom stereocenters. The third-order valence-electron chi connectivity index (χ3n) is 2.77. The van der Waals surface area contributed by atoms with Gasteiger partial charge in [-0.25, -0.2) is 9.89 Å². The van der Waals surface area contributed by atoms with Crippen LogP contribution < -0.4 is 11.4 Å². The van der Waals surface area contributed by atoms with Crippen molar-refractivity contribution in [2.75, 3.05) is 5.75 Å². The molecule has 1 amide bonds. The van der Waals surface area contributed by atoms with Crippen molar-refractivity contribution in [3.63, 3.8) is 0 Å². The number of aromatic nitrogens is 3. The minimum Gasteiger partial charge on any atom is -0.370 e. The van der Waals surface area contributed by atoms with Crippen LogP contribution >= 0.6 is 11.8 Å². The van der Waals surface area contributed by atoms with Gasteiger partial charge in [0.2, 0.25) is 5.91 Å². The number of carbonyl (C=O) groups is 1. The number of aromatic amines is 1. The number of aryl methyl sites for hydroxylation is 1. The molecule has 20 heavy (non-hydrogen) atoms. The van der Waals surface area contributed by atoms with Crippen LogP contribution in [0.1, 0.15) is 12.0 Å². The van der Waals surface area contributed by atoms with Crippen molar-refractivity contribution in [3.05, 3.63) is 46.4 Å². The molecule has 0 unspecified atom stereocenters. The highest BCUT2D eigenvalue weighted by atomic mass is 32.2. The first kappa shape index (κ1) is 14.4. The van der Waals surface area contributed by atoms with Gasteiger partial charge in [-0.3, -0.25) is 9.36 Å². The maximum atomic E-state index is 11.7. The van der Waals surface area contributed by atoms with Gasteiger partial charge in [0.05, 0.1) is 0 Å². The molecule has 0 fully saturated rings. The molecule has 1 heterocycles. The number of hydrogen-bond acceptors (Lipinski definition) is 4. The van der Waals surface area contributed by atoms with Crippen LogP contribution in [-0.4, -0.2) is 26.4 Å². The quantitative estimate of drug-likeness (QED) is 0.737. The number of amides is 1. The molecule has 0 aliphatic carbocycles. The van der Waals surface area contributed by atoms with E-state index in [4.69, 9.17) is 5.73 Å². The van der Waals surface area contributed by atoms with Crippen molar-refractivity contribution >= 4 is 17.7 Å². The standard InChI is InChI=1S/C13H16N4O2S/c14-11(18)7-9-20-13-16-15-12(19)17(13)8-6-10-4-2-1-3-5-10/h1-5H,6-9H2,(H2,14,18)(H,15,19). The number of nitrogens with zero attached hydrogens (tertiary/aromatic N) is 2. The zero-order valence-electron chi connectivity index (χ0n) is 10.9. The number of benzene rings is 1. The smallest absolute Gasteiger partial charge is 0.343 e. The number of thioether (sulfide) groups is 1. The molecule has 2 rings (SSSR count). The Morgan fingerprint density at radius 2 is 2.10 bits per heavy atom. The number of primary amides is 1. The van der Waals surface area contributed by atoms with Crippen molar-refractivity contribution in [1.82, 2.24) is 14.8 Å². The van der Waals surface area contributed by atoms with Crippen molar-refractivity contribution in [2.45, 2.75) is 24.5 Å². The second-order valence-electron chi connectivity index (χ2n) is 4.26. The van der Waals surface area contributed by atoms with Gasteiger partial charge in [-0.2, -0.15) is 0 Å². The van der Waals surface area contributed by atoms with E-state index in [0.29, 0.717) is 17.5 Å². The van der Waals surface area contributed by atoms with E-state index in [1.54, 1.807) is 4.57 Å². The summed E-state index contributed by atoms with van der Waals surface area (Å²) in [4.78, 5) is 22.4. The number of hydrogen-bond donors (Lipinski definition) is 2. The lowest BCUT2D eigenvalue weighted by Gasteiger charge is -2.05. The molecule has 1 aromatic carbocycles. The third-order valence-corrected chi connectivity index (χ3v) is 3.75. The second kappa shape index (κ2) is 6.95. The summed E-state index contributed by atoms with van der Waals surface area (Å²) in [5.74, 6) is 0.163. The van der Waals surface area contributed by atoms with Crippen molar-refractivity contribution in [1.29, 1.82) is 0 Å². The highest BCUT2D eigenvalue weighted by Crippen LogP contribution is 2.14. The Morgan fingerprint density at radius 3 is 2.80 bits per heavy atom. The molecule has 0 radical (unpaired) electrons. The Kier molecular flexibility index (Phi) is 5.00. The van der Waals surface area contributed by atoms with Crippen LogP contribution in [0.3, 0.4) is 0 Å². The van der Waals surface area contributed by atoms with Gasteiger partial charge in [-0.1, -0.05) is 42.1 Å². The number of H-pyrrole nitrogens is 1. The Bertz CT molecular complexity index is 621. The van der Waals surface area contributed by atoms with Crippen LogP contribution in [0, 0.1) is 0 Å². The molecule has 3 N–H and O–H groups in total. The third kappa shape index (κ3) is 3.99. The highest BCUT2D eigenvalue weighted by Gasteiger charge is 2.09. The monoisotopic (exact) mass is 292 g/mol. The first-order valence-corrected chi connectivity index (χ1v) is 7.25. The number of rotatable bonds is 7. The molecular formula is C13H16N4O2S. The van der Waals surface area contributed by atoms with Crippen LogP contribution in [0.25, 0.3) is 0 Å². The molecule has 0 bridgehead atoms. The molecule has 0 aliphatic rings. The molecule has 0 saturated heterocycles. The zero-order valence-corrected chi connectivity index (χ0v) is 11.7. The Labute approximate surface area is 120 Å². The fourth-order valence-corrected chi connectivity index (χ4v) is 2.67. The van der Waals surface area contributed by atoms with Crippen LogP contribution in [0.2, 0.25) is 0 Å². The maximum absolute atomic E-state index is 11.7. The van der Waals surface area contributed by atoms with E-state index >= 15 is 0 Å². The summed E-state index contributed by atoms with van der Waals surface area (Å²) in [6.45, 7) is 0.554. The maximum Gasteiger partial charge on any atom is 0.343 e. The molecule has 0 saturated carbocycles. The van der Waals surface area contributed by atoms with Crippen LogP contribution in [0.5, 0.6) is 0 Å². The lowest BCUT2D eigenvalue weighted by atomic mass is 10.1. The predicted molar refractivity (Wildman–Crippen MR) is 77.5 cm³/mol. The predicted octanol–water partition coefficient (Wildman–Crippen LogP) is 0.782. The van der Waals surface area contributed by atoms with Gasteiger partial charge in [0.1, 0.15) is 0 Å². The molecule has 0 aliphatic heterocycles. The largest absolute Gasteiger partial charge is 0.370 e. The number of nitrogens with one attached hydrogen (secondary N) is 1. The highest BCUT2D eigenvalue weighted by molar-refractivity contribution is 7.99. The summed E-state index contributed by atoms with van der Waals surface area (Å²) in [7, 11) is 0. The topological polar surface area (TPSA) is 93.8 Å². The van der Waals surface area contributed by atoms with E-state index in [0.717, 1.165) is 12.0 Å². The minimum absolute atomic E-state index is 0.234. The van der Waals surface area contributed by atoms with E-state index in [1.165, 1.54) is 11.8 Å². The molecule has 1 aromatic heterocycles. The molecule has 7 heteroatoms. The lowest BCUT2D eigenvalue weighted by Crippen LogP contribution is -2.19. The normalized spacial score (nSPS) is 10.6. The Hall–Kier alpha value is -2.02. The summed E-state index contributed by atoms with van der Waals surface area (Å²) in [6.07, 6.45) is 1.02. The average molecular weight is 292 g/mol. The fourth-order valence-electron chi connectivity index (χ4n) is 1.74. The van der Waals surface area contributed by atoms with Gasteiger partial charge in [0.25, 0.3) is 0 Å². The molecular weight excluding hydrogens is 276 g/mol. The Balaban J connectivity index is 1.98. The number of nitrogens with two attached hydrogens (primary N) is 1. The van der Waals surface area contributed by atoms with E-state index in [1.807, 2.05) is 30.3 Å². The molecule has 6 nitrogen and oxygen atoms in total. The first-order chi connectivity index (χ1) is 9.66. The van der Waals surface area contributed by atoms with E-state index in [-0.39, 0.29) is 18.0 Å². The van der Waals surface area contributed by atoms with Gasteiger partial charge in [-0.05, 0) is 12.0 Å². The SMILES string of the molecule is NC(=O)CCSc1n[nH]c(=O)n1CCc1ccccc1. The van der Waals surface area contributed by atoms with Gasteiger partial charge < -0.3 is 5.73 Å². The van der Waals surface area contributed by atoms with Crippen molar-refractivity contribution < 1.29 is 4.79 Å². The first-order valence-electron chi connectivity index (χ1n) is 6.27. The number of carbonyl (C=O) groups excluding carboxylic acids is 1. The average Bonchev–Trinajstić information content (AvgIpc) is 2.78. The fraction of sp³-hybridized carbons (Fsp3) is 0.308. The summed E-state index contributed by atoms with van der Waals surface area (Å²) in [5, 5.41) is 6.98. The zero-order chi connectivity index (χ0) is 14.4. The van der Waals surface area contributed by atoms with Crippen LogP contribution in [0.4, 0.5) is 0 Å². The van der Waals surface area contributed by atoms with Gasteiger partial charge in [-0.15, -0.1) is 5.10 Å². The molecule has 0 spiro atoms. The van der Waals surface area contributed by atoms with E-state index < -0.39 is 0 Å². The van der Waals surface area contributed by atoms with E-state index in [2.05, 4.69) is 10.2 Å².